The standard InChI is InChI=1S/C14H14FN3O2/c15-11-6-4-10(5-7-11)8-9-17-13-3-1-2-12(16)14(13)18(19)20/h1-7,17H,8-9,16H2. The van der Waals surface area contributed by atoms with Crippen LogP contribution in [0.4, 0.5) is 21.5 Å². The molecule has 0 radical (unpaired) electrons. The molecule has 0 unspecified atom stereocenters. The van der Waals surface area contributed by atoms with Crippen LogP contribution in [0, 0.1) is 15.9 Å². The number of nitrogens with two attached hydrogens (primary N) is 1. The smallest absolute Gasteiger partial charge is 0.314 e. The molecule has 0 aliphatic rings. The Labute approximate surface area is 115 Å². The molecule has 0 saturated carbocycles. The Morgan fingerprint density at radius 1 is 1.20 bits per heavy atom. The second kappa shape index (κ2) is 6.01. The minimum absolute atomic E-state index is 0.119. The quantitative estimate of drug-likeness (QED) is 0.499. The third-order valence-electron chi connectivity index (χ3n) is 2.89. The lowest BCUT2D eigenvalue weighted by atomic mass is 10.1. The molecule has 0 aliphatic heterocycles. The highest BCUT2D eigenvalue weighted by Gasteiger charge is 2.16. The average Bonchev–Trinajstić information content (AvgIpc) is 2.40. The number of para-hydroxylation sites is 1. The molecule has 5 nitrogen and oxygen atoms in total. The Bertz CT molecular complexity index is 614. The Balaban J connectivity index is 2.02. The number of nitro groups is 1. The first-order valence-corrected chi connectivity index (χ1v) is 6.09. The van der Waals surface area contributed by atoms with Crippen LogP contribution in [0.25, 0.3) is 0 Å². The maximum atomic E-state index is 12.8. The van der Waals surface area contributed by atoms with E-state index in [1.165, 1.54) is 18.2 Å². The van der Waals surface area contributed by atoms with Crippen LogP contribution >= 0.6 is 0 Å². The topological polar surface area (TPSA) is 81.2 Å². The minimum Gasteiger partial charge on any atom is -0.393 e. The van der Waals surface area contributed by atoms with Crippen LogP contribution in [0.3, 0.4) is 0 Å². The first-order chi connectivity index (χ1) is 9.58. The van der Waals surface area contributed by atoms with Gasteiger partial charge in [0.1, 0.15) is 17.2 Å². The van der Waals surface area contributed by atoms with E-state index in [2.05, 4.69) is 5.32 Å². The molecule has 2 aromatic rings. The maximum absolute atomic E-state index is 12.8. The van der Waals surface area contributed by atoms with Gasteiger partial charge in [-0.15, -0.1) is 0 Å². The van der Waals surface area contributed by atoms with E-state index in [0.717, 1.165) is 5.56 Å². The normalized spacial score (nSPS) is 10.2. The fourth-order valence-corrected chi connectivity index (χ4v) is 1.90. The molecule has 0 aliphatic carbocycles. The third kappa shape index (κ3) is 3.23. The molecule has 0 amide bonds. The fraction of sp³-hybridized carbons (Fsp3) is 0.143. The molecule has 6 heteroatoms. The molecule has 3 N–H and O–H groups in total. The molecule has 104 valence electrons. The maximum Gasteiger partial charge on any atom is 0.314 e. The Hall–Kier alpha value is -2.63. The number of nitro benzene ring substituents is 1. The SMILES string of the molecule is Nc1cccc(NCCc2ccc(F)cc2)c1[N+](=O)[O-]. The first-order valence-electron chi connectivity index (χ1n) is 6.09. The second-order valence-corrected chi connectivity index (χ2v) is 4.30. The summed E-state index contributed by atoms with van der Waals surface area (Å²) in [5, 5.41) is 13.9. The molecule has 20 heavy (non-hydrogen) atoms. The second-order valence-electron chi connectivity index (χ2n) is 4.30. The third-order valence-corrected chi connectivity index (χ3v) is 2.89. The zero-order valence-corrected chi connectivity index (χ0v) is 10.7. The van der Waals surface area contributed by atoms with Gasteiger partial charge in [0.05, 0.1) is 4.92 Å². The molecule has 0 heterocycles. The van der Waals surface area contributed by atoms with Crippen molar-refractivity contribution in [1.29, 1.82) is 0 Å². The summed E-state index contributed by atoms with van der Waals surface area (Å²) in [5.41, 5.74) is 6.94. The van der Waals surface area contributed by atoms with E-state index in [4.69, 9.17) is 5.73 Å². The van der Waals surface area contributed by atoms with Gasteiger partial charge in [-0.1, -0.05) is 18.2 Å². The van der Waals surface area contributed by atoms with E-state index in [1.807, 2.05) is 0 Å². The van der Waals surface area contributed by atoms with Crippen molar-refractivity contribution < 1.29 is 9.31 Å². The van der Waals surface area contributed by atoms with Gasteiger partial charge < -0.3 is 11.1 Å². The van der Waals surface area contributed by atoms with Crippen LogP contribution in [0.15, 0.2) is 42.5 Å². The number of nitrogens with zero attached hydrogens (tertiary/aromatic N) is 1. The van der Waals surface area contributed by atoms with Crippen LogP contribution in [-0.4, -0.2) is 11.5 Å². The lowest BCUT2D eigenvalue weighted by Gasteiger charge is -2.08. The Morgan fingerprint density at radius 3 is 2.55 bits per heavy atom. The van der Waals surface area contributed by atoms with Crippen LogP contribution in [0.1, 0.15) is 5.56 Å². The van der Waals surface area contributed by atoms with Crippen molar-refractivity contribution in [2.24, 2.45) is 0 Å². The Morgan fingerprint density at radius 2 is 1.90 bits per heavy atom. The summed E-state index contributed by atoms with van der Waals surface area (Å²) < 4.78 is 12.8. The van der Waals surface area contributed by atoms with Gasteiger partial charge in [0, 0.05) is 6.54 Å². The van der Waals surface area contributed by atoms with E-state index >= 15 is 0 Å². The van der Waals surface area contributed by atoms with Gasteiger partial charge in [0.15, 0.2) is 0 Å². The summed E-state index contributed by atoms with van der Waals surface area (Å²) in [7, 11) is 0. The molecule has 0 fully saturated rings. The summed E-state index contributed by atoms with van der Waals surface area (Å²) >= 11 is 0. The molecular weight excluding hydrogens is 261 g/mol. The van der Waals surface area contributed by atoms with Gasteiger partial charge in [-0.25, -0.2) is 4.39 Å². The van der Waals surface area contributed by atoms with E-state index in [1.54, 1.807) is 24.3 Å². The number of anilines is 2. The number of hydrogen-bond donors (Lipinski definition) is 2. The monoisotopic (exact) mass is 275 g/mol. The number of nitrogens with one attached hydrogen (secondary N) is 1. The zero-order chi connectivity index (χ0) is 14.5. The van der Waals surface area contributed by atoms with Crippen LogP contribution < -0.4 is 11.1 Å². The van der Waals surface area contributed by atoms with E-state index in [-0.39, 0.29) is 17.2 Å². The number of halogens is 1. The van der Waals surface area contributed by atoms with Crippen molar-refractivity contribution in [3.8, 4) is 0 Å². The summed E-state index contributed by atoms with van der Waals surface area (Å²) in [4.78, 5) is 10.5. The summed E-state index contributed by atoms with van der Waals surface area (Å²) in [6.07, 6.45) is 0.631. The highest BCUT2D eigenvalue weighted by atomic mass is 19.1. The zero-order valence-electron chi connectivity index (χ0n) is 10.7. The van der Waals surface area contributed by atoms with Crippen molar-refractivity contribution in [1.82, 2.24) is 0 Å². The molecule has 0 atom stereocenters. The average molecular weight is 275 g/mol. The van der Waals surface area contributed by atoms with Crippen molar-refractivity contribution in [3.05, 3.63) is 64.0 Å². The van der Waals surface area contributed by atoms with Gasteiger partial charge in [0.25, 0.3) is 0 Å². The lowest BCUT2D eigenvalue weighted by Crippen LogP contribution is -2.08. The fourth-order valence-electron chi connectivity index (χ4n) is 1.90. The summed E-state index contributed by atoms with van der Waals surface area (Å²) in [6.45, 7) is 0.496. The molecule has 0 aromatic heterocycles. The lowest BCUT2D eigenvalue weighted by molar-refractivity contribution is -0.383. The van der Waals surface area contributed by atoms with Gasteiger partial charge in [0.2, 0.25) is 0 Å². The number of nitrogen functional groups attached to an aromatic ring is 1. The van der Waals surface area contributed by atoms with Crippen LogP contribution in [0.5, 0.6) is 0 Å². The summed E-state index contributed by atoms with van der Waals surface area (Å²) in [5.74, 6) is -0.284. The van der Waals surface area contributed by atoms with Crippen molar-refractivity contribution in [3.63, 3.8) is 0 Å². The minimum atomic E-state index is -0.504. The molecule has 0 bridgehead atoms. The van der Waals surface area contributed by atoms with E-state index in [0.29, 0.717) is 18.7 Å². The largest absolute Gasteiger partial charge is 0.393 e. The highest BCUT2D eigenvalue weighted by molar-refractivity contribution is 5.74. The summed E-state index contributed by atoms with van der Waals surface area (Å²) in [6, 6.07) is 10.9. The predicted octanol–water partition coefficient (Wildman–Crippen LogP) is 2.97. The van der Waals surface area contributed by atoms with Crippen LogP contribution in [0.2, 0.25) is 0 Å². The van der Waals surface area contributed by atoms with Gasteiger partial charge in [-0.3, -0.25) is 10.1 Å². The molecule has 0 spiro atoms. The molecular formula is C14H14FN3O2. The highest BCUT2D eigenvalue weighted by Crippen LogP contribution is 2.30. The van der Waals surface area contributed by atoms with Crippen molar-refractivity contribution in [2.75, 3.05) is 17.6 Å². The van der Waals surface area contributed by atoms with Crippen molar-refractivity contribution in [2.45, 2.75) is 6.42 Å². The molecule has 2 rings (SSSR count). The molecule has 0 saturated heterocycles. The van der Waals surface area contributed by atoms with E-state index in [9.17, 15) is 14.5 Å². The number of rotatable bonds is 5. The molecule has 2 aromatic carbocycles. The Kier molecular flexibility index (Phi) is 4.14. The number of hydrogen-bond acceptors (Lipinski definition) is 4. The predicted molar refractivity (Wildman–Crippen MR) is 76.1 cm³/mol. The van der Waals surface area contributed by atoms with Crippen molar-refractivity contribution >= 4 is 17.1 Å². The van der Waals surface area contributed by atoms with Gasteiger partial charge in [-0.05, 0) is 36.2 Å². The van der Waals surface area contributed by atoms with E-state index < -0.39 is 4.92 Å². The van der Waals surface area contributed by atoms with Crippen LogP contribution in [-0.2, 0) is 6.42 Å². The first kappa shape index (κ1) is 13.8. The van der Waals surface area contributed by atoms with Gasteiger partial charge >= 0.3 is 5.69 Å². The van der Waals surface area contributed by atoms with Gasteiger partial charge in [-0.2, -0.15) is 0 Å². The number of benzene rings is 2.